The van der Waals surface area contributed by atoms with Crippen LogP contribution in [0.2, 0.25) is 0 Å². The zero-order valence-electron chi connectivity index (χ0n) is 15.7. The van der Waals surface area contributed by atoms with Gasteiger partial charge in [-0.2, -0.15) is 13.2 Å². The van der Waals surface area contributed by atoms with Gasteiger partial charge in [-0.1, -0.05) is 12.1 Å². The lowest BCUT2D eigenvalue weighted by Gasteiger charge is -2.20. The van der Waals surface area contributed by atoms with Gasteiger partial charge in [0, 0.05) is 6.42 Å². The second kappa shape index (κ2) is 9.90. The van der Waals surface area contributed by atoms with Crippen LogP contribution in [0.3, 0.4) is 0 Å². The van der Waals surface area contributed by atoms with E-state index in [1.165, 1.54) is 36.4 Å². The van der Waals surface area contributed by atoms with Gasteiger partial charge in [-0.3, -0.25) is 9.78 Å². The number of carbonyl (C=O) groups is 2. The third kappa shape index (κ3) is 7.57. The Hall–Kier alpha value is -3.37. The number of carboxylic acid groups (broad SMARTS) is 1. The van der Waals surface area contributed by atoms with E-state index < -0.39 is 42.7 Å². The number of rotatable bonds is 8. The average Bonchev–Trinajstić information content (AvgIpc) is 2.67. The molecule has 1 unspecified atom stereocenters. The predicted octanol–water partition coefficient (Wildman–Crippen LogP) is 3.22. The summed E-state index contributed by atoms with van der Waals surface area (Å²) in [6.07, 6.45) is -4.80. The molecule has 0 saturated carbocycles. The fourth-order valence-corrected chi connectivity index (χ4v) is 2.50. The number of ether oxygens (including phenoxy) is 1. The average molecular weight is 429 g/mol. The van der Waals surface area contributed by atoms with E-state index in [0.717, 1.165) is 6.20 Å². The summed E-state index contributed by atoms with van der Waals surface area (Å²) in [6.45, 7) is 0.123. The molecule has 2 rings (SSSR count). The molecule has 162 valence electrons. The largest absolute Gasteiger partial charge is 0.483 e. The van der Waals surface area contributed by atoms with Crippen molar-refractivity contribution in [2.45, 2.75) is 31.6 Å². The van der Waals surface area contributed by atoms with E-state index in [1.54, 1.807) is 6.92 Å². The molecule has 0 aliphatic carbocycles. The van der Waals surface area contributed by atoms with Crippen molar-refractivity contribution in [3.05, 3.63) is 59.7 Å². The molecule has 1 aromatic heterocycles. The highest BCUT2D eigenvalue weighted by Crippen LogP contribution is 2.19. The molecule has 0 bridgehead atoms. The number of hydrogen-bond acceptors (Lipinski definition) is 4. The van der Waals surface area contributed by atoms with E-state index in [9.17, 15) is 27.2 Å². The van der Waals surface area contributed by atoms with Gasteiger partial charge >= 0.3 is 12.3 Å². The molecule has 7 nitrogen and oxygen atoms in total. The fourth-order valence-electron chi connectivity index (χ4n) is 2.50. The van der Waals surface area contributed by atoms with Gasteiger partial charge in [-0.05, 0) is 36.8 Å². The van der Waals surface area contributed by atoms with Crippen LogP contribution in [0.5, 0.6) is 5.75 Å². The topological polar surface area (TPSA) is 101 Å². The van der Waals surface area contributed by atoms with E-state index >= 15 is 0 Å². The molecule has 0 radical (unpaired) electrons. The van der Waals surface area contributed by atoms with Gasteiger partial charge < -0.3 is 20.5 Å². The first kappa shape index (κ1) is 22.9. The Labute approximate surface area is 169 Å². The maximum atomic E-state index is 13.0. The lowest BCUT2D eigenvalue weighted by Crippen LogP contribution is -2.48. The third-order valence-electron chi connectivity index (χ3n) is 3.93. The van der Waals surface area contributed by atoms with Crippen LogP contribution in [-0.4, -0.2) is 40.9 Å². The normalized spacial score (nSPS) is 13.2. The molecule has 0 saturated heterocycles. The van der Waals surface area contributed by atoms with E-state index in [2.05, 4.69) is 20.4 Å². The Bertz CT molecular complexity index is 858. The summed E-state index contributed by atoms with van der Waals surface area (Å²) in [5.74, 6) is -1.20. The fraction of sp³-hybridized carbons (Fsp3) is 0.316. The Morgan fingerprint density at radius 1 is 1.13 bits per heavy atom. The minimum atomic E-state index is -4.48. The molecule has 2 aromatic rings. The van der Waals surface area contributed by atoms with Gasteiger partial charge in [-0.25, -0.2) is 9.18 Å². The second-order valence-electron chi connectivity index (χ2n) is 6.39. The molecular weight excluding hydrogens is 410 g/mol. The number of nitrogens with zero attached hydrogens (tertiary/aromatic N) is 1. The van der Waals surface area contributed by atoms with Crippen LogP contribution in [0.15, 0.2) is 42.6 Å². The molecule has 1 heterocycles. The summed E-state index contributed by atoms with van der Waals surface area (Å²) in [5, 5.41) is 13.7. The first-order chi connectivity index (χ1) is 14.0. The van der Waals surface area contributed by atoms with Crippen LogP contribution >= 0.6 is 0 Å². The molecule has 2 amide bonds. The smallest absolute Gasteiger partial charge is 0.422 e. The van der Waals surface area contributed by atoms with Crippen LogP contribution in [-0.2, 0) is 11.2 Å². The molecule has 0 aliphatic heterocycles. The number of aromatic nitrogens is 1. The molecule has 0 aliphatic rings. The Morgan fingerprint density at radius 2 is 1.80 bits per heavy atom. The Morgan fingerprint density at radius 3 is 2.33 bits per heavy atom. The zero-order chi connectivity index (χ0) is 22.3. The van der Waals surface area contributed by atoms with E-state index in [-0.39, 0.29) is 12.2 Å². The minimum absolute atomic E-state index is 0.0111. The highest BCUT2D eigenvalue weighted by atomic mass is 19.4. The third-order valence-corrected chi connectivity index (χ3v) is 3.93. The van der Waals surface area contributed by atoms with Crippen LogP contribution in [0.1, 0.15) is 24.2 Å². The van der Waals surface area contributed by atoms with Crippen molar-refractivity contribution < 1.29 is 37.0 Å². The molecule has 11 heteroatoms. The van der Waals surface area contributed by atoms with Crippen molar-refractivity contribution in [3.8, 4) is 5.75 Å². The lowest BCUT2D eigenvalue weighted by molar-refractivity contribution is -0.153. The number of halogens is 4. The number of pyridine rings is 1. The van der Waals surface area contributed by atoms with Crippen molar-refractivity contribution >= 4 is 12.0 Å². The molecule has 1 aromatic carbocycles. The lowest BCUT2D eigenvalue weighted by atomic mass is 10.0. The maximum absolute atomic E-state index is 13.0. The number of hydrogen-bond donors (Lipinski definition) is 3. The van der Waals surface area contributed by atoms with Crippen molar-refractivity contribution in [3.63, 3.8) is 0 Å². The number of carbonyl (C=O) groups excluding carboxylic acids is 1. The molecule has 30 heavy (non-hydrogen) atoms. The molecule has 0 fully saturated rings. The highest BCUT2D eigenvalue weighted by Gasteiger charge is 2.28. The van der Waals surface area contributed by atoms with Crippen LogP contribution < -0.4 is 15.4 Å². The molecular formula is C19H19F4N3O4. The summed E-state index contributed by atoms with van der Waals surface area (Å²) in [6, 6.07) is 6.11. The van der Waals surface area contributed by atoms with Crippen molar-refractivity contribution in [2.24, 2.45) is 0 Å². The second-order valence-corrected chi connectivity index (χ2v) is 6.39. The predicted molar refractivity (Wildman–Crippen MR) is 97.4 cm³/mol. The SMILES string of the molecule is C[C@@H](NC(=O)C(Cc1ccc(F)cc1)NC(=O)O)c1ccc(OCC(F)(F)F)cn1. The summed E-state index contributed by atoms with van der Waals surface area (Å²) in [7, 11) is 0. The van der Waals surface area contributed by atoms with Crippen LogP contribution in [0.25, 0.3) is 0 Å². The van der Waals surface area contributed by atoms with Gasteiger partial charge in [0.25, 0.3) is 0 Å². The summed E-state index contributed by atoms with van der Waals surface area (Å²) >= 11 is 0. The van der Waals surface area contributed by atoms with E-state index in [1.807, 2.05) is 0 Å². The number of alkyl halides is 3. The maximum Gasteiger partial charge on any atom is 0.422 e. The highest BCUT2D eigenvalue weighted by molar-refractivity contribution is 5.85. The summed E-state index contributed by atoms with van der Waals surface area (Å²) in [5.41, 5.74) is 0.876. The Kier molecular flexibility index (Phi) is 7.56. The first-order valence-corrected chi connectivity index (χ1v) is 8.73. The van der Waals surface area contributed by atoms with Gasteiger partial charge in [0.2, 0.25) is 5.91 Å². The van der Waals surface area contributed by atoms with Crippen LogP contribution in [0, 0.1) is 5.82 Å². The summed E-state index contributed by atoms with van der Waals surface area (Å²) < 4.78 is 54.1. The van der Waals surface area contributed by atoms with E-state index in [0.29, 0.717) is 11.3 Å². The van der Waals surface area contributed by atoms with Gasteiger partial charge in [0.1, 0.15) is 17.6 Å². The van der Waals surface area contributed by atoms with Gasteiger partial charge in [-0.15, -0.1) is 0 Å². The zero-order valence-corrected chi connectivity index (χ0v) is 15.7. The number of amides is 2. The molecule has 0 spiro atoms. The van der Waals surface area contributed by atoms with E-state index in [4.69, 9.17) is 5.11 Å². The first-order valence-electron chi connectivity index (χ1n) is 8.73. The standard InChI is InChI=1S/C19H19F4N3O4/c1-11(15-7-6-14(9-24-15)30-10-19(21,22)23)25-17(27)16(26-18(28)29)8-12-2-4-13(20)5-3-12/h2-7,9,11,16,26H,8,10H2,1H3,(H,25,27)(H,28,29)/t11-,16?/m1/s1. The monoisotopic (exact) mass is 429 g/mol. The van der Waals surface area contributed by atoms with Crippen molar-refractivity contribution in [1.82, 2.24) is 15.6 Å². The Balaban J connectivity index is 2.01. The van der Waals surface area contributed by atoms with Crippen LogP contribution in [0.4, 0.5) is 22.4 Å². The quantitative estimate of drug-likeness (QED) is 0.560. The molecule has 3 N–H and O–H groups in total. The number of nitrogens with one attached hydrogen (secondary N) is 2. The van der Waals surface area contributed by atoms with Crippen molar-refractivity contribution in [1.29, 1.82) is 0 Å². The van der Waals surface area contributed by atoms with Gasteiger partial charge in [0.15, 0.2) is 6.61 Å². The molecule has 2 atom stereocenters. The minimum Gasteiger partial charge on any atom is -0.483 e. The van der Waals surface area contributed by atoms with Gasteiger partial charge in [0.05, 0.1) is 17.9 Å². The van der Waals surface area contributed by atoms with Crippen molar-refractivity contribution in [2.75, 3.05) is 6.61 Å². The number of benzene rings is 1. The summed E-state index contributed by atoms with van der Waals surface area (Å²) in [4.78, 5) is 27.5.